The van der Waals surface area contributed by atoms with Gasteiger partial charge in [0.25, 0.3) is 11.8 Å². The third-order valence-corrected chi connectivity index (χ3v) is 7.55. The smallest absolute Gasteiger partial charge is 0.261 e. The molecule has 3 aromatic rings. The first kappa shape index (κ1) is 27.6. The van der Waals surface area contributed by atoms with Gasteiger partial charge in [-0.25, -0.2) is 0 Å². The molecule has 1 aromatic heterocycles. The second kappa shape index (κ2) is 12.0. The fourth-order valence-corrected chi connectivity index (χ4v) is 5.32. The highest BCUT2D eigenvalue weighted by Crippen LogP contribution is 2.39. The number of nitriles is 1. The monoisotopic (exact) mass is 562 g/mol. The van der Waals surface area contributed by atoms with E-state index in [4.69, 9.17) is 11.6 Å². The van der Waals surface area contributed by atoms with Crippen LogP contribution >= 0.6 is 22.9 Å². The zero-order valence-electron chi connectivity index (χ0n) is 21.1. The molecule has 1 N–H and O–H groups in total. The third kappa shape index (κ3) is 5.72. The molecule has 0 radical (unpaired) electrons. The largest absolute Gasteiger partial charge is 0.372 e. The van der Waals surface area contributed by atoms with Crippen LogP contribution in [0.3, 0.4) is 0 Å². The van der Waals surface area contributed by atoms with Gasteiger partial charge >= 0.3 is 0 Å². The lowest BCUT2D eigenvalue weighted by Crippen LogP contribution is -2.33. The van der Waals surface area contributed by atoms with Crippen molar-refractivity contribution in [1.82, 2.24) is 4.90 Å². The molecule has 0 saturated carbocycles. The van der Waals surface area contributed by atoms with E-state index in [1.54, 1.807) is 36.4 Å². The molecule has 0 saturated heterocycles. The molecule has 12 heteroatoms. The minimum absolute atomic E-state index is 0.0312. The van der Waals surface area contributed by atoms with Crippen LogP contribution in [0.1, 0.15) is 56.2 Å². The van der Waals surface area contributed by atoms with Gasteiger partial charge in [0.05, 0.1) is 26.7 Å². The van der Waals surface area contributed by atoms with Crippen LogP contribution < -0.4 is 10.2 Å². The molecule has 2 heterocycles. The van der Waals surface area contributed by atoms with E-state index in [-0.39, 0.29) is 44.7 Å². The molecular formula is C27H23ClN6O4S. The van der Waals surface area contributed by atoms with Crippen LogP contribution in [-0.4, -0.2) is 48.5 Å². The number of thiophene rings is 1. The second-order valence-corrected chi connectivity index (χ2v) is 9.92. The number of imide groups is 1. The number of nitrogens with one attached hydrogen (secondary N) is 1. The van der Waals surface area contributed by atoms with Crippen LogP contribution in [0.4, 0.5) is 22.1 Å². The maximum atomic E-state index is 12.6. The standard InChI is InChI=1S/C27H23ClN6O4S/c1-3-33(11-6-12-34-26(37)18-7-4-5-8-19(18)27(34)38)17-9-10-21(22(13-17)30-16(2)36)31-32-25-20(14-29)24(28)23(15-35)39-25/h4-5,7-10,13,15H,3,6,11-12H2,1-2H3,(H,30,36)/b32-31+. The first-order valence-corrected chi connectivity index (χ1v) is 13.2. The zero-order valence-corrected chi connectivity index (χ0v) is 22.7. The molecule has 39 heavy (non-hydrogen) atoms. The number of benzene rings is 2. The number of rotatable bonds is 10. The second-order valence-electron chi connectivity index (χ2n) is 8.51. The summed E-state index contributed by atoms with van der Waals surface area (Å²) in [6.07, 6.45) is 1.10. The molecule has 2 aromatic carbocycles. The summed E-state index contributed by atoms with van der Waals surface area (Å²) in [6, 6.07) is 14.0. The summed E-state index contributed by atoms with van der Waals surface area (Å²) < 4.78 is 0. The van der Waals surface area contributed by atoms with E-state index in [1.165, 1.54) is 11.8 Å². The van der Waals surface area contributed by atoms with Crippen LogP contribution in [-0.2, 0) is 4.79 Å². The lowest BCUT2D eigenvalue weighted by molar-refractivity contribution is -0.114. The molecule has 198 valence electrons. The van der Waals surface area contributed by atoms with Crippen LogP contribution in [0.5, 0.6) is 0 Å². The number of carbonyl (C=O) groups excluding carboxylic acids is 4. The van der Waals surface area contributed by atoms with Crippen LogP contribution in [0, 0.1) is 11.3 Å². The molecule has 0 fully saturated rings. The van der Waals surface area contributed by atoms with Crippen molar-refractivity contribution in [3.63, 3.8) is 0 Å². The number of carbonyl (C=O) groups is 4. The Hall–Kier alpha value is -4.40. The lowest BCUT2D eigenvalue weighted by Gasteiger charge is -2.25. The summed E-state index contributed by atoms with van der Waals surface area (Å²) in [4.78, 5) is 51.8. The topological polar surface area (TPSA) is 135 Å². The molecule has 0 unspecified atom stereocenters. The van der Waals surface area contributed by atoms with E-state index < -0.39 is 0 Å². The number of aldehydes is 1. The van der Waals surface area contributed by atoms with Gasteiger partial charge in [-0.2, -0.15) is 5.26 Å². The molecule has 0 atom stereocenters. The summed E-state index contributed by atoms with van der Waals surface area (Å²) in [6.45, 7) is 4.81. The van der Waals surface area contributed by atoms with Gasteiger partial charge < -0.3 is 10.2 Å². The number of fused-ring (bicyclic) bond motifs is 1. The Kier molecular flexibility index (Phi) is 8.49. The van der Waals surface area contributed by atoms with Gasteiger partial charge in [-0.15, -0.1) is 21.6 Å². The number of halogens is 1. The quantitative estimate of drug-likeness (QED) is 0.184. The summed E-state index contributed by atoms with van der Waals surface area (Å²) in [5.74, 6) is -0.876. The maximum absolute atomic E-state index is 12.6. The number of amides is 3. The first-order chi connectivity index (χ1) is 18.8. The maximum Gasteiger partial charge on any atom is 0.261 e. The highest BCUT2D eigenvalue weighted by Gasteiger charge is 2.34. The summed E-state index contributed by atoms with van der Waals surface area (Å²) in [5.41, 5.74) is 2.45. The predicted octanol–water partition coefficient (Wildman–Crippen LogP) is 5.97. The molecule has 0 spiro atoms. The van der Waals surface area contributed by atoms with Crippen molar-refractivity contribution >= 4 is 69.0 Å². The molecule has 1 aliphatic heterocycles. The van der Waals surface area contributed by atoms with Crippen molar-refractivity contribution in [1.29, 1.82) is 5.26 Å². The minimum Gasteiger partial charge on any atom is -0.372 e. The van der Waals surface area contributed by atoms with Crippen LogP contribution in [0.2, 0.25) is 5.02 Å². The number of hydrogen-bond acceptors (Lipinski definition) is 9. The van der Waals surface area contributed by atoms with Crippen LogP contribution in [0.15, 0.2) is 52.7 Å². The number of hydrogen-bond donors (Lipinski definition) is 1. The fourth-order valence-electron chi connectivity index (χ4n) is 4.19. The van der Waals surface area contributed by atoms with Gasteiger partial charge in [0.1, 0.15) is 17.3 Å². The Balaban J connectivity index is 1.51. The molecule has 1 aliphatic rings. The number of azo groups is 1. The van der Waals surface area contributed by atoms with Crippen molar-refractivity contribution < 1.29 is 19.2 Å². The fraction of sp³-hybridized carbons (Fsp3) is 0.222. The summed E-state index contributed by atoms with van der Waals surface area (Å²) in [7, 11) is 0. The van der Waals surface area contributed by atoms with E-state index in [1.807, 2.05) is 24.0 Å². The number of nitrogens with zero attached hydrogens (tertiary/aromatic N) is 5. The SMILES string of the molecule is CCN(CCCN1C(=O)c2ccccc2C1=O)c1ccc(/N=N/c2sc(C=O)c(Cl)c2C#N)c(NC(C)=O)c1. The molecule has 0 aliphatic carbocycles. The average Bonchev–Trinajstić information content (AvgIpc) is 3.37. The van der Waals surface area contributed by atoms with E-state index in [2.05, 4.69) is 15.5 Å². The average molecular weight is 563 g/mol. The van der Waals surface area contributed by atoms with Gasteiger partial charge in [0.15, 0.2) is 11.3 Å². The molecule has 4 rings (SSSR count). The van der Waals surface area contributed by atoms with E-state index in [0.29, 0.717) is 48.3 Å². The molecular weight excluding hydrogens is 540 g/mol. The Morgan fingerprint density at radius 1 is 1.18 bits per heavy atom. The lowest BCUT2D eigenvalue weighted by atomic mass is 10.1. The third-order valence-electron chi connectivity index (χ3n) is 6.05. The van der Waals surface area contributed by atoms with Crippen molar-refractivity contribution in [3.8, 4) is 6.07 Å². The van der Waals surface area contributed by atoms with Crippen molar-refractivity contribution in [2.45, 2.75) is 20.3 Å². The van der Waals surface area contributed by atoms with Gasteiger partial charge in [-0.05, 0) is 43.7 Å². The summed E-state index contributed by atoms with van der Waals surface area (Å²) >= 11 is 7.00. The predicted molar refractivity (Wildman–Crippen MR) is 149 cm³/mol. The molecule has 3 amide bonds. The van der Waals surface area contributed by atoms with Gasteiger partial charge in [0, 0.05) is 32.2 Å². The van der Waals surface area contributed by atoms with E-state index in [0.717, 1.165) is 17.0 Å². The Morgan fingerprint density at radius 2 is 1.87 bits per heavy atom. The van der Waals surface area contributed by atoms with Crippen molar-refractivity contribution in [2.24, 2.45) is 10.2 Å². The van der Waals surface area contributed by atoms with E-state index in [9.17, 15) is 24.4 Å². The van der Waals surface area contributed by atoms with Gasteiger partial charge in [0.2, 0.25) is 5.91 Å². The zero-order chi connectivity index (χ0) is 28.1. The highest BCUT2D eigenvalue weighted by molar-refractivity contribution is 7.18. The number of anilines is 2. The van der Waals surface area contributed by atoms with Gasteiger partial charge in [-0.3, -0.25) is 24.1 Å². The van der Waals surface area contributed by atoms with Gasteiger partial charge in [-0.1, -0.05) is 23.7 Å². The molecule has 10 nitrogen and oxygen atoms in total. The minimum atomic E-state index is -0.308. The Morgan fingerprint density at radius 3 is 2.46 bits per heavy atom. The Labute approximate surface area is 233 Å². The van der Waals surface area contributed by atoms with Crippen molar-refractivity contribution in [3.05, 3.63) is 69.1 Å². The first-order valence-electron chi connectivity index (χ1n) is 12.0. The Bertz CT molecular complexity index is 1510. The van der Waals surface area contributed by atoms with Crippen LogP contribution in [0.25, 0.3) is 0 Å². The highest BCUT2D eigenvalue weighted by atomic mass is 35.5. The van der Waals surface area contributed by atoms with Crippen molar-refractivity contribution in [2.75, 3.05) is 29.9 Å². The van der Waals surface area contributed by atoms with E-state index >= 15 is 0 Å². The molecule has 0 bridgehead atoms. The summed E-state index contributed by atoms with van der Waals surface area (Å²) in [5, 5.41) is 20.6. The normalized spacial score (nSPS) is 12.5.